The summed E-state index contributed by atoms with van der Waals surface area (Å²) < 4.78 is 78.9. The van der Waals surface area contributed by atoms with Gasteiger partial charge in [0.15, 0.2) is 23.0 Å². The quantitative estimate of drug-likeness (QED) is 0.371. The highest BCUT2D eigenvalue weighted by atomic mass is 19.4. The number of phenolic OH excluding ortho intramolecular Hbond substituents is 1. The number of likely N-dealkylation sites (N-methyl/N-ethyl adjacent to an activating group) is 1. The minimum atomic E-state index is -5.15. The lowest BCUT2D eigenvalue weighted by molar-refractivity contribution is -0.140. The maximum Gasteiger partial charge on any atom is 0.419 e. The molecule has 0 aliphatic carbocycles. The zero-order chi connectivity index (χ0) is 24.2. The van der Waals surface area contributed by atoms with Gasteiger partial charge in [0.05, 0.1) is 17.2 Å². The number of oxazole rings is 1. The van der Waals surface area contributed by atoms with E-state index in [1.165, 1.54) is 0 Å². The number of alkyl halides is 3. The fraction of sp³-hybridized carbons (Fsp3) is 0.208. The van der Waals surface area contributed by atoms with Crippen molar-refractivity contribution in [3.63, 3.8) is 0 Å². The molecule has 0 fully saturated rings. The first kappa shape index (κ1) is 22.0. The number of aromatic hydroxyl groups is 1. The van der Waals surface area contributed by atoms with Gasteiger partial charge in [-0.3, -0.25) is 0 Å². The Kier molecular flexibility index (Phi) is 5.11. The van der Waals surface area contributed by atoms with Crippen LogP contribution in [0.5, 0.6) is 11.5 Å². The van der Waals surface area contributed by atoms with Gasteiger partial charge in [0, 0.05) is 12.7 Å². The van der Waals surface area contributed by atoms with Crippen molar-refractivity contribution >= 4 is 16.8 Å². The molecule has 2 heterocycles. The number of nitrogens with zero attached hydrogens (tertiary/aromatic N) is 2. The molecule has 176 valence electrons. The average Bonchev–Trinajstić information content (AvgIpc) is 3.24. The van der Waals surface area contributed by atoms with E-state index in [1.54, 1.807) is 18.2 Å². The van der Waals surface area contributed by atoms with Gasteiger partial charge < -0.3 is 19.2 Å². The number of anilines is 1. The summed E-state index contributed by atoms with van der Waals surface area (Å²) in [4.78, 5) is 6.08. The third-order valence-corrected chi connectivity index (χ3v) is 5.90. The predicted octanol–water partition coefficient (Wildman–Crippen LogP) is 5.94. The normalized spacial score (nSPS) is 15.8. The Hall–Kier alpha value is -3.82. The monoisotopic (exact) mass is 476 g/mol. The highest BCUT2D eigenvalue weighted by Gasteiger charge is 2.38. The summed E-state index contributed by atoms with van der Waals surface area (Å²) in [6.07, 6.45) is -4.40. The van der Waals surface area contributed by atoms with Gasteiger partial charge in [-0.15, -0.1) is 0 Å². The fourth-order valence-corrected chi connectivity index (χ4v) is 4.01. The molecule has 1 N–H and O–H groups in total. The largest absolute Gasteiger partial charge is 0.503 e. The van der Waals surface area contributed by atoms with Gasteiger partial charge >= 0.3 is 6.18 Å². The van der Waals surface area contributed by atoms with Crippen molar-refractivity contribution in [2.75, 3.05) is 18.6 Å². The van der Waals surface area contributed by atoms with E-state index in [4.69, 9.17) is 9.15 Å². The van der Waals surface area contributed by atoms with Crippen molar-refractivity contribution in [3.8, 4) is 23.0 Å². The van der Waals surface area contributed by atoms with Gasteiger partial charge in [0.25, 0.3) is 0 Å². The zero-order valence-corrected chi connectivity index (χ0v) is 17.7. The molecular formula is C24H17F5N2O3. The van der Waals surface area contributed by atoms with Crippen LogP contribution >= 0.6 is 0 Å². The Balaban J connectivity index is 1.49. The first-order chi connectivity index (χ1) is 16.1. The molecule has 0 radical (unpaired) electrons. The second-order valence-electron chi connectivity index (χ2n) is 8.00. The Bertz CT molecular complexity index is 1400. The summed E-state index contributed by atoms with van der Waals surface area (Å²) in [6, 6.07) is 12.9. The summed E-state index contributed by atoms with van der Waals surface area (Å²) in [5, 5.41) is 9.56. The summed E-state index contributed by atoms with van der Waals surface area (Å²) in [5.41, 5.74) is -0.361. The Morgan fingerprint density at radius 2 is 1.82 bits per heavy atom. The van der Waals surface area contributed by atoms with Gasteiger partial charge in [-0.05, 0) is 42.3 Å². The number of phenols is 1. The number of ether oxygens (including phenoxy) is 1. The number of halogens is 5. The molecule has 0 bridgehead atoms. The van der Waals surface area contributed by atoms with Crippen LogP contribution in [0, 0.1) is 11.6 Å². The van der Waals surface area contributed by atoms with Crippen LogP contribution < -0.4 is 9.64 Å². The minimum absolute atomic E-state index is 0.0135. The van der Waals surface area contributed by atoms with E-state index >= 15 is 0 Å². The van der Waals surface area contributed by atoms with Crippen LogP contribution in [0.1, 0.15) is 11.1 Å². The SMILES string of the molecule is CN(c1ccc2oc(-c3cc(C(F)(F)F)c(F)c(O)c3F)nc2c1)C1COc2ccccc2C1. The number of fused-ring (bicyclic) bond motifs is 2. The molecule has 3 aromatic carbocycles. The van der Waals surface area contributed by atoms with Crippen molar-refractivity contribution in [2.45, 2.75) is 18.6 Å². The maximum atomic E-state index is 14.4. The van der Waals surface area contributed by atoms with Crippen molar-refractivity contribution in [1.82, 2.24) is 4.98 Å². The first-order valence-electron chi connectivity index (χ1n) is 10.3. The number of aromatic nitrogens is 1. The molecule has 34 heavy (non-hydrogen) atoms. The molecule has 0 spiro atoms. The summed E-state index contributed by atoms with van der Waals surface area (Å²) in [5.74, 6) is -5.10. The van der Waals surface area contributed by atoms with Crippen LogP contribution in [0.2, 0.25) is 0 Å². The number of para-hydroxylation sites is 1. The molecule has 0 saturated heterocycles. The van der Waals surface area contributed by atoms with Crippen LogP contribution in [0.25, 0.3) is 22.6 Å². The number of hydrogen-bond donors (Lipinski definition) is 1. The lowest BCUT2D eigenvalue weighted by atomic mass is 10.0. The summed E-state index contributed by atoms with van der Waals surface area (Å²) >= 11 is 0. The van der Waals surface area contributed by atoms with Crippen molar-refractivity contribution < 1.29 is 36.2 Å². The molecule has 1 aromatic heterocycles. The molecule has 4 aromatic rings. The molecule has 5 rings (SSSR count). The van der Waals surface area contributed by atoms with Crippen LogP contribution in [-0.2, 0) is 12.6 Å². The smallest absolute Gasteiger partial charge is 0.419 e. The van der Waals surface area contributed by atoms with Crippen LogP contribution in [-0.4, -0.2) is 29.8 Å². The highest BCUT2D eigenvalue weighted by Crippen LogP contribution is 2.41. The van der Waals surface area contributed by atoms with E-state index in [1.807, 2.05) is 36.2 Å². The summed E-state index contributed by atoms with van der Waals surface area (Å²) in [6.45, 7) is 0.454. The standard InChI is InChI=1S/C24H17F5N2O3/c1-31(14-8-12-4-2-3-5-18(12)33-11-14)13-6-7-19-17(9-13)30-23(34-19)15-10-16(24(27,28)29)21(26)22(32)20(15)25/h2-7,9-10,14,32H,8,11H2,1H3. The molecule has 1 atom stereocenters. The average molecular weight is 476 g/mol. The molecule has 0 amide bonds. The van der Waals surface area contributed by atoms with E-state index in [0.717, 1.165) is 23.4 Å². The van der Waals surface area contributed by atoms with E-state index in [-0.39, 0.29) is 23.2 Å². The maximum absolute atomic E-state index is 14.4. The fourth-order valence-electron chi connectivity index (χ4n) is 4.01. The number of benzene rings is 3. The molecule has 10 heteroatoms. The van der Waals surface area contributed by atoms with Crippen LogP contribution in [0.4, 0.5) is 27.6 Å². The molecule has 0 saturated carbocycles. The highest BCUT2D eigenvalue weighted by molar-refractivity contribution is 5.80. The Morgan fingerprint density at radius 1 is 1.06 bits per heavy atom. The minimum Gasteiger partial charge on any atom is -0.503 e. The number of rotatable bonds is 3. The van der Waals surface area contributed by atoms with E-state index in [0.29, 0.717) is 6.61 Å². The van der Waals surface area contributed by atoms with Crippen molar-refractivity contribution in [1.29, 1.82) is 0 Å². The molecule has 1 aliphatic rings. The molecule has 1 aliphatic heterocycles. The zero-order valence-electron chi connectivity index (χ0n) is 17.7. The van der Waals surface area contributed by atoms with Gasteiger partial charge in [0.2, 0.25) is 5.89 Å². The van der Waals surface area contributed by atoms with Gasteiger partial charge in [0.1, 0.15) is 17.9 Å². The third kappa shape index (κ3) is 3.68. The number of hydrogen-bond acceptors (Lipinski definition) is 5. The first-order valence-corrected chi connectivity index (χ1v) is 10.3. The van der Waals surface area contributed by atoms with E-state index in [2.05, 4.69) is 4.98 Å². The predicted molar refractivity (Wildman–Crippen MR) is 114 cm³/mol. The van der Waals surface area contributed by atoms with Crippen LogP contribution in [0.3, 0.4) is 0 Å². The van der Waals surface area contributed by atoms with E-state index in [9.17, 15) is 27.1 Å². The second kappa shape index (κ2) is 7.89. The van der Waals surface area contributed by atoms with Crippen molar-refractivity contribution in [2.24, 2.45) is 0 Å². The molecular weight excluding hydrogens is 459 g/mol. The van der Waals surface area contributed by atoms with Crippen molar-refractivity contribution in [3.05, 3.63) is 71.3 Å². The van der Waals surface area contributed by atoms with Crippen LogP contribution in [0.15, 0.2) is 52.9 Å². The molecule has 5 nitrogen and oxygen atoms in total. The van der Waals surface area contributed by atoms with E-state index < -0.39 is 40.6 Å². The Labute approximate surface area is 190 Å². The van der Waals surface area contributed by atoms with Gasteiger partial charge in [-0.25, -0.2) is 13.8 Å². The van der Waals surface area contributed by atoms with Gasteiger partial charge in [-0.2, -0.15) is 13.2 Å². The van der Waals surface area contributed by atoms with Gasteiger partial charge in [-0.1, -0.05) is 18.2 Å². The summed E-state index contributed by atoms with van der Waals surface area (Å²) in [7, 11) is 1.87. The lowest BCUT2D eigenvalue weighted by Crippen LogP contribution is -2.40. The molecule has 1 unspecified atom stereocenters. The third-order valence-electron chi connectivity index (χ3n) is 5.90. The topological polar surface area (TPSA) is 58.7 Å². The lowest BCUT2D eigenvalue weighted by Gasteiger charge is -2.33. The second-order valence-corrected chi connectivity index (χ2v) is 8.00. The Morgan fingerprint density at radius 3 is 2.59 bits per heavy atom.